The zero-order valence-electron chi connectivity index (χ0n) is 19.0. The summed E-state index contributed by atoms with van der Waals surface area (Å²) < 4.78 is 22.6. The molecule has 2 rings (SSSR count). The zero-order chi connectivity index (χ0) is 22.5. The van der Waals surface area contributed by atoms with Crippen molar-refractivity contribution in [3.8, 4) is 5.75 Å². The monoisotopic (exact) mass is 551 g/mol. The standard InChI is InChI=1S/C17H17FNO.C6H15N2S2.Ru/c1-4-13-11-15(18)6-5-14(13)12-19(2)16-7-9-17(20-3)10-8-16;1-5-8(10-4)6-7(2)9-3;/h1,4-11H,12H2,2-3H3;6H,5H2,1-4H3;/q2*-1;+2. The molecule has 8 heteroatoms. The third-order valence-electron chi connectivity index (χ3n) is 4.33. The molecule has 0 unspecified atom stereocenters. The summed E-state index contributed by atoms with van der Waals surface area (Å²) in [5, 5.41) is 0. The van der Waals surface area contributed by atoms with Crippen LogP contribution in [0, 0.1) is 19.1 Å². The normalized spacial score (nSPS) is 10.2. The van der Waals surface area contributed by atoms with Crippen molar-refractivity contribution in [2.24, 2.45) is 0 Å². The Labute approximate surface area is 209 Å². The summed E-state index contributed by atoms with van der Waals surface area (Å²) in [7, 11) is 5.66. The predicted octanol–water partition coefficient (Wildman–Crippen LogP) is 5.83. The van der Waals surface area contributed by atoms with E-state index in [0.717, 1.165) is 23.5 Å². The molecule has 0 spiro atoms. The molecule has 0 aromatic heterocycles. The van der Waals surface area contributed by atoms with Gasteiger partial charge >= 0.3 is 19.5 Å². The van der Waals surface area contributed by atoms with Crippen LogP contribution < -0.4 is 9.64 Å². The first kappa shape index (κ1) is 30.0. The van der Waals surface area contributed by atoms with E-state index in [1.54, 1.807) is 37.1 Å². The van der Waals surface area contributed by atoms with Crippen LogP contribution in [-0.4, -0.2) is 48.9 Å². The van der Waals surface area contributed by atoms with E-state index in [9.17, 15) is 4.39 Å². The second-order valence-corrected chi connectivity index (χ2v) is 8.10. The fraction of sp³-hybridized carbons (Fsp3) is 0.348. The largest absolute Gasteiger partial charge is 2.00 e. The van der Waals surface area contributed by atoms with Crippen molar-refractivity contribution in [2.45, 2.75) is 13.5 Å². The van der Waals surface area contributed by atoms with Crippen LogP contribution in [0.1, 0.15) is 18.1 Å². The maximum absolute atomic E-state index is 13.2. The molecular formula is C23H32FN3ORuS2. The van der Waals surface area contributed by atoms with E-state index in [2.05, 4.69) is 39.6 Å². The Morgan fingerprint density at radius 2 is 1.74 bits per heavy atom. The summed E-state index contributed by atoms with van der Waals surface area (Å²) >= 11 is 3.44. The number of ether oxygens (including phenoxy) is 1. The van der Waals surface area contributed by atoms with E-state index in [-0.39, 0.29) is 25.3 Å². The van der Waals surface area contributed by atoms with Gasteiger partial charge in [0.2, 0.25) is 0 Å². The van der Waals surface area contributed by atoms with Gasteiger partial charge in [-0.1, -0.05) is 13.0 Å². The Kier molecular flexibility index (Phi) is 16.0. The number of benzene rings is 2. The van der Waals surface area contributed by atoms with Gasteiger partial charge in [-0.3, -0.25) is 6.58 Å². The first-order valence-corrected chi connectivity index (χ1v) is 11.9. The summed E-state index contributed by atoms with van der Waals surface area (Å²) in [6, 6.07) is 12.4. The topological polar surface area (TPSA) is 19.0 Å². The number of nitrogens with zero attached hydrogens (tertiary/aromatic N) is 3. The van der Waals surface area contributed by atoms with Gasteiger partial charge < -0.3 is 18.2 Å². The number of rotatable bonds is 10. The van der Waals surface area contributed by atoms with Crippen LogP contribution in [-0.2, 0) is 26.0 Å². The van der Waals surface area contributed by atoms with Crippen molar-refractivity contribution < 1.29 is 28.6 Å². The fourth-order valence-electron chi connectivity index (χ4n) is 2.53. The average Bonchev–Trinajstić information content (AvgIpc) is 2.78. The maximum Gasteiger partial charge on any atom is 2.00 e. The van der Waals surface area contributed by atoms with Crippen LogP contribution in [0.5, 0.6) is 5.75 Å². The fourth-order valence-corrected chi connectivity index (χ4v) is 3.30. The first-order chi connectivity index (χ1) is 14.4. The van der Waals surface area contributed by atoms with Gasteiger partial charge in [0.15, 0.2) is 0 Å². The van der Waals surface area contributed by atoms with Gasteiger partial charge in [0.05, 0.1) is 7.11 Å². The molecule has 2 aromatic rings. The van der Waals surface area contributed by atoms with Crippen molar-refractivity contribution in [3.05, 3.63) is 72.7 Å². The first-order valence-electron chi connectivity index (χ1n) is 9.49. The average molecular weight is 551 g/mol. The van der Waals surface area contributed by atoms with E-state index in [1.165, 1.54) is 18.2 Å². The second-order valence-electron chi connectivity index (χ2n) is 6.32. The minimum atomic E-state index is -0.280. The Morgan fingerprint density at radius 3 is 2.23 bits per heavy atom. The Hall–Kier alpha value is -1.05. The van der Waals surface area contributed by atoms with Crippen LogP contribution in [0.3, 0.4) is 0 Å². The summed E-state index contributed by atoms with van der Waals surface area (Å²) in [4.78, 5) is 2.07. The Balaban J connectivity index is 0.000000701. The molecule has 2 aromatic carbocycles. The molecule has 0 heterocycles. The summed E-state index contributed by atoms with van der Waals surface area (Å²) in [6.45, 7) is 11.5. The van der Waals surface area contributed by atoms with Crippen LogP contribution in [0.4, 0.5) is 10.1 Å². The molecule has 0 N–H and O–H groups in total. The van der Waals surface area contributed by atoms with Crippen LogP contribution in [0.25, 0.3) is 6.08 Å². The molecule has 0 amide bonds. The molecular weight excluding hydrogens is 518 g/mol. The molecule has 0 saturated carbocycles. The van der Waals surface area contributed by atoms with Crippen molar-refractivity contribution in [1.82, 2.24) is 8.61 Å². The number of hydrogen-bond acceptors (Lipinski definition) is 6. The van der Waals surface area contributed by atoms with Gasteiger partial charge in [-0.15, -0.1) is 35.5 Å². The van der Waals surface area contributed by atoms with Gasteiger partial charge in [0.1, 0.15) is 11.6 Å². The van der Waals surface area contributed by atoms with Crippen LogP contribution in [0.15, 0.2) is 42.5 Å². The van der Waals surface area contributed by atoms with Crippen molar-refractivity contribution in [3.63, 3.8) is 0 Å². The molecule has 0 fully saturated rings. The van der Waals surface area contributed by atoms with Gasteiger partial charge in [-0.05, 0) is 56.4 Å². The molecule has 0 aliphatic carbocycles. The third kappa shape index (κ3) is 10.9. The molecule has 0 atom stereocenters. The van der Waals surface area contributed by atoms with Gasteiger partial charge in [0.25, 0.3) is 0 Å². The smallest absolute Gasteiger partial charge is 0.497 e. The summed E-state index contributed by atoms with van der Waals surface area (Å²) in [6.07, 6.45) is 5.57. The van der Waals surface area contributed by atoms with E-state index in [1.807, 2.05) is 38.4 Å². The van der Waals surface area contributed by atoms with Crippen LogP contribution in [0.2, 0.25) is 0 Å². The molecule has 172 valence electrons. The van der Waals surface area contributed by atoms with Crippen LogP contribution >= 0.6 is 23.9 Å². The molecule has 0 aliphatic rings. The molecule has 0 aliphatic heterocycles. The van der Waals surface area contributed by atoms with E-state index < -0.39 is 0 Å². The molecule has 4 nitrogen and oxygen atoms in total. The Morgan fingerprint density at radius 1 is 1.10 bits per heavy atom. The minimum Gasteiger partial charge on any atom is -0.497 e. The van der Waals surface area contributed by atoms with Gasteiger partial charge in [-0.2, -0.15) is 12.2 Å². The van der Waals surface area contributed by atoms with E-state index >= 15 is 0 Å². The SMILES string of the molecule is CCN([CH-]N(C)SC)SC.[CH-]=Cc1cc(F)ccc1CN(C)c1ccc(OC)cc1.[Ru+2]. The number of methoxy groups -OCH3 is 1. The summed E-state index contributed by atoms with van der Waals surface area (Å²) in [5.41, 5.74) is 2.75. The Bertz CT molecular complexity index is 761. The molecule has 31 heavy (non-hydrogen) atoms. The van der Waals surface area contributed by atoms with Crippen molar-refractivity contribution >= 4 is 35.7 Å². The molecule has 0 bridgehead atoms. The predicted molar refractivity (Wildman–Crippen MR) is 132 cm³/mol. The quantitative estimate of drug-likeness (QED) is 0.209. The number of halogens is 1. The van der Waals surface area contributed by atoms with Gasteiger partial charge in [-0.25, -0.2) is 10.5 Å². The summed E-state index contributed by atoms with van der Waals surface area (Å²) in [5.74, 6) is 0.539. The van der Waals surface area contributed by atoms with Gasteiger partial charge in [0, 0.05) is 19.3 Å². The molecule has 0 radical (unpaired) electrons. The number of anilines is 1. The van der Waals surface area contributed by atoms with E-state index in [4.69, 9.17) is 11.3 Å². The minimum absolute atomic E-state index is 0. The van der Waals surface area contributed by atoms with Crippen molar-refractivity contribution in [1.29, 1.82) is 0 Å². The van der Waals surface area contributed by atoms with Crippen molar-refractivity contribution in [2.75, 3.05) is 45.2 Å². The number of hydrogen-bond donors (Lipinski definition) is 0. The van der Waals surface area contributed by atoms with E-state index in [0.29, 0.717) is 12.1 Å². The molecule has 0 saturated heterocycles. The zero-order valence-corrected chi connectivity index (χ0v) is 22.4. The second kappa shape index (κ2) is 16.6. The maximum atomic E-state index is 13.2. The third-order valence-corrected chi connectivity index (χ3v) is 5.83.